The van der Waals surface area contributed by atoms with Gasteiger partial charge in [-0.25, -0.2) is 0 Å². The largest absolute Gasteiger partial charge is 0.396 e. The van der Waals surface area contributed by atoms with Crippen molar-refractivity contribution in [1.82, 2.24) is 0 Å². The molecule has 0 saturated heterocycles. The van der Waals surface area contributed by atoms with Gasteiger partial charge in [-0.3, -0.25) is 4.79 Å². The van der Waals surface area contributed by atoms with Crippen LogP contribution in [0.3, 0.4) is 0 Å². The number of rotatable bonds is 5. The van der Waals surface area contributed by atoms with Gasteiger partial charge in [-0.05, 0) is 12.3 Å². The minimum absolute atomic E-state index is 0.00477. The summed E-state index contributed by atoms with van der Waals surface area (Å²) in [5, 5.41) is 8.97. The molecule has 0 fully saturated rings. The molecule has 0 aromatic heterocycles. The van der Waals surface area contributed by atoms with E-state index >= 15 is 0 Å². The monoisotopic (exact) mass is 172 g/mol. The first-order chi connectivity index (χ1) is 5.49. The highest BCUT2D eigenvalue weighted by Gasteiger charge is 2.20. The lowest BCUT2D eigenvalue weighted by Crippen LogP contribution is -2.24. The van der Waals surface area contributed by atoms with Crippen LogP contribution in [0.2, 0.25) is 0 Å². The first kappa shape index (κ1) is 11.6. The van der Waals surface area contributed by atoms with Crippen LogP contribution < -0.4 is 0 Å². The molecule has 1 N–H and O–H groups in total. The van der Waals surface area contributed by atoms with Gasteiger partial charge in [-0.2, -0.15) is 0 Å². The molecule has 1 atom stereocenters. The third kappa shape index (κ3) is 3.86. The highest BCUT2D eigenvalue weighted by molar-refractivity contribution is 5.82. The summed E-state index contributed by atoms with van der Waals surface area (Å²) in [6.45, 7) is 7.89. The van der Waals surface area contributed by atoms with Crippen LogP contribution in [0.1, 0.15) is 34.1 Å². The number of aliphatic hydroxyl groups excluding tert-OH is 1. The molecule has 0 aliphatic carbocycles. The molecule has 0 aromatic carbocycles. The Bertz CT molecular complexity index is 139. The molecule has 0 heterocycles. The number of carbonyl (C=O) groups is 1. The molecule has 0 spiro atoms. The first-order valence-electron chi connectivity index (χ1n) is 4.63. The zero-order valence-electron chi connectivity index (χ0n) is 8.50. The molecule has 72 valence electrons. The van der Waals surface area contributed by atoms with Crippen molar-refractivity contribution in [3.63, 3.8) is 0 Å². The Labute approximate surface area is 75.0 Å². The minimum atomic E-state index is -0.148. The van der Waals surface area contributed by atoms with E-state index in [1.54, 1.807) is 0 Å². The minimum Gasteiger partial charge on any atom is -0.396 e. The molecule has 0 saturated carbocycles. The molecule has 0 radical (unpaired) electrons. The average molecular weight is 172 g/mol. The molecule has 1 unspecified atom stereocenters. The van der Waals surface area contributed by atoms with Gasteiger partial charge >= 0.3 is 0 Å². The van der Waals surface area contributed by atoms with Crippen molar-refractivity contribution >= 4 is 5.78 Å². The van der Waals surface area contributed by atoms with Crippen LogP contribution in [0.5, 0.6) is 0 Å². The Balaban J connectivity index is 4.06. The average Bonchev–Trinajstić information content (AvgIpc) is 1.98. The van der Waals surface area contributed by atoms with Crippen molar-refractivity contribution in [3.05, 3.63) is 0 Å². The molecule has 0 rings (SSSR count). The Morgan fingerprint density at radius 3 is 2.00 bits per heavy atom. The molecule has 2 nitrogen and oxygen atoms in total. The zero-order valence-corrected chi connectivity index (χ0v) is 8.50. The summed E-state index contributed by atoms with van der Waals surface area (Å²) in [5.74, 6) is 0.557. The van der Waals surface area contributed by atoms with Gasteiger partial charge in [0.15, 0.2) is 0 Å². The van der Waals surface area contributed by atoms with E-state index < -0.39 is 0 Å². The molecule has 0 aliphatic rings. The summed E-state index contributed by atoms with van der Waals surface area (Å²) in [6, 6.07) is 0. The van der Waals surface area contributed by atoms with Crippen molar-refractivity contribution in [2.75, 3.05) is 6.61 Å². The number of hydrogen-bond donors (Lipinski definition) is 1. The van der Waals surface area contributed by atoms with Gasteiger partial charge < -0.3 is 5.11 Å². The molecule has 2 heteroatoms. The van der Waals surface area contributed by atoms with Crippen LogP contribution in [0, 0.1) is 17.8 Å². The van der Waals surface area contributed by atoms with E-state index in [2.05, 4.69) is 13.8 Å². The van der Waals surface area contributed by atoms with Gasteiger partial charge in [0, 0.05) is 11.8 Å². The van der Waals surface area contributed by atoms with Crippen LogP contribution in [0.15, 0.2) is 0 Å². The van der Waals surface area contributed by atoms with Crippen LogP contribution in [0.25, 0.3) is 0 Å². The smallest absolute Gasteiger partial charge is 0.140 e. The molecule has 0 aliphatic heterocycles. The molecular weight excluding hydrogens is 152 g/mol. The molecular formula is C10H20O2. The number of aliphatic hydroxyl groups is 1. The summed E-state index contributed by atoms with van der Waals surface area (Å²) < 4.78 is 0. The van der Waals surface area contributed by atoms with Crippen molar-refractivity contribution in [1.29, 1.82) is 0 Å². The van der Waals surface area contributed by atoms with Gasteiger partial charge in [0.05, 0.1) is 6.61 Å². The van der Waals surface area contributed by atoms with Gasteiger partial charge in [0.2, 0.25) is 0 Å². The standard InChI is InChI=1S/C10H20O2/c1-7(2)5-9(6-11)10(12)8(3)4/h7-9,11H,5-6H2,1-4H3. The fraction of sp³-hybridized carbons (Fsp3) is 0.900. The van der Waals surface area contributed by atoms with Gasteiger partial charge in [-0.1, -0.05) is 27.7 Å². The topological polar surface area (TPSA) is 37.3 Å². The third-order valence-corrected chi connectivity index (χ3v) is 1.95. The summed E-state index contributed by atoms with van der Waals surface area (Å²) in [4.78, 5) is 11.4. The van der Waals surface area contributed by atoms with Gasteiger partial charge in [0.25, 0.3) is 0 Å². The van der Waals surface area contributed by atoms with Crippen LogP contribution in [0.4, 0.5) is 0 Å². The van der Waals surface area contributed by atoms with Crippen LogP contribution in [-0.4, -0.2) is 17.5 Å². The fourth-order valence-corrected chi connectivity index (χ4v) is 1.32. The van der Waals surface area contributed by atoms with E-state index in [9.17, 15) is 4.79 Å². The van der Waals surface area contributed by atoms with Crippen molar-refractivity contribution in [2.45, 2.75) is 34.1 Å². The Hall–Kier alpha value is -0.370. The van der Waals surface area contributed by atoms with Gasteiger partial charge in [0.1, 0.15) is 5.78 Å². The summed E-state index contributed by atoms with van der Waals surface area (Å²) >= 11 is 0. The van der Waals surface area contributed by atoms with E-state index in [0.29, 0.717) is 5.92 Å². The van der Waals surface area contributed by atoms with E-state index in [-0.39, 0.29) is 24.2 Å². The second-order valence-corrected chi connectivity index (χ2v) is 4.07. The second-order valence-electron chi connectivity index (χ2n) is 4.07. The normalized spacial score (nSPS) is 13.9. The fourth-order valence-electron chi connectivity index (χ4n) is 1.32. The van der Waals surface area contributed by atoms with E-state index in [1.807, 2.05) is 13.8 Å². The number of carbonyl (C=O) groups excluding carboxylic acids is 1. The lowest BCUT2D eigenvalue weighted by molar-refractivity contribution is -0.127. The first-order valence-corrected chi connectivity index (χ1v) is 4.63. The molecule has 0 bridgehead atoms. The highest BCUT2D eigenvalue weighted by Crippen LogP contribution is 2.15. The SMILES string of the molecule is CC(C)CC(CO)C(=O)C(C)C. The van der Waals surface area contributed by atoms with Crippen LogP contribution >= 0.6 is 0 Å². The predicted octanol–water partition coefficient (Wildman–Crippen LogP) is 1.87. The maximum Gasteiger partial charge on any atom is 0.140 e. The predicted molar refractivity (Wildman–Crippen MR) is 49.9 cm³/mol. The van der Waals surface area contributed by atoms with Crippen molar-refractivity contribution in [2.24, 2.45) is 17.8 Å². The number of ketones is 1. The lowest BCUT2D eigenvalue weighted by atomic mass is 9.89. The summed E-state index contributed by atoms with van der Waals surface area (Å²) in [6.07, 6.45) is 0.799. The zero-order chi connectivity index (χ0) is 9.72. The Morgan fingerprint density at radius 1 is 1.25 bits per heavy atom. The lowest BCUT2D eigenvalue weighted by Gasteiger charge is -2.16. The van der Waals surface area contributed by atoms with Crippen molar-refractivity contribution < 1.29 is 9.90 Å². The molecule has 12 heavy (non-hydrogen) atoms. The number of Topliss-reactive ketones (excluding diaryl/α,β-unsaturated/α-hetero) is 1. The van der Waals surface area contributed by atoms with Crippen LogP contribution in [-0.2, 0) is 4.79 Å². The molecule has 0 aromatic rings. The van der Waals surface area contributed by atoms with E-state index in [1.165, 1.54) is 0 Å². The van der Waals surface area contributed by atoms with Gasteiger partial charge in [-0.15, -0.1) is 0 Å². The van der Waals surface area contributed by atoms with E-state index in [0.717, 1.165) is 6.42 Å². The Kier molecular flexibility index (Phi) is 5.14. The molecule has 0 amide bonds. The second kappa shape index (κ2) is 5.31. The maximum absolute atomic E-state index is 11.4. The third-order valence-electron chi connectivity index (χ3n) is 1.95. The Morgan fingerprint density at radius 2 is 1.75 bits per heavy atom. The summed E-state index contributed by atoms with van der Waals surface area (Å²) in [5.41, 5.74) is 0. The highest BCUT2D eigenvalue weighted by atomic mass is 16.3. The van der Waals surface area contributed by atoms with E-state index in [4.69, 9.17) is 5.11 Å². The van der Waals surface area contributed by atoms with Crippen molar-refractivity contribution in [3.8, 4) is 0 Å². The summed E-state index contributed by atoms with van der Waals surface area (Å²) in [7, 11) is 0. The number of hydrogen-bond acceptors (Lipinski definition) is 2. The maximum atomic E-state index is 11.4. The quantitative estimate of drug-likeness (QED) is 0.687.